The van der Waals surface area contributed by atoms with Gasteiger partial charge in [-0.05, 0) is 37.5 Å². The number of pyridine rings is 1. The summed E-state index contributed by atoms with van der Waals surface area (Å²) in [7, 11) is 0. The number of ether oxygens (including phenoxy) is 1. The van der Waals surface area contributed by atoms with Crippen LogP contribution in [0.5, 0.6) is 0 Å². The van der Waals surface area contributed by atoms with E-state index in [4.69, 9.17) is 4.74 Å². The highest BCUT2D eigenvalue weighted by molar-refractivity contribution is 5.59. The van der Waals surface area contributed by atoms with E-state index in [1.165, 1.54) is 0 Å². The number of anilines is 1. The molecule has 1 saturated heterocycles. The highest BCUT2D eigenvalue weighted by Crippen LogP contribution is 2.20. The lowest BCUT2D eigenvalue weighted by atomic mass is 10.1. The maximum absolute atomic E-state index is 12.7. The first kappa shape index (κ1) is 18.4. The first-order chi connectivity index (χ1) is 13.7. The molecule has 3 heterocycles. The minimum absolute atomic E-state index is 0.0288. The Morgan fingerprint density at radius 3 is 2.68 bits per heavy atom. The van der Waals surface area contributed by atoms with E-state index < -0.39 is 0 Å². The Balaban J connectivity index is 1.56. The maximum Gasteiger partial charge on any atom is 0.251 e. The number of nitrogens with zero attached hydrogens (tertiary/aromatic N) is 3. The van der Waals surface area contributed by atoms with Crippen LogP contribution in [0.3, 0.4) is 0 Å². The Hall–Kier alpha value is -2.99. The third kappa shape index (κ3) is 4.12. The average Bonchev–Trinajstić information content (AvgIpc) is 2.75. The van der Waals surface area contributed by atoms with Gasteiger partial charge >= 0.3 is 0 Å². The molecule has 4 rings (SSSR count). The van der Waals surface area contributed by atoms with Gasteiger partial charge in [0, 0.05) is 43.3 Å². The number of hydrogen-bond acceptors (Lipinski definition) is 5. The van der Waals surface area contributed by atoms with Crippen LogP contribution in [0.15, 0.2) is 65.7 Å². The van der Waals surface area contributed by atoms with Crippen molar-refractivity contribution in [3.05, 3.63) is 76.8 Å². The number of aromatic nitrogens is 3. The van der Waals surface area contributed by atoms with Gasteiger partial charge in [0.05, 0.1) is 11.7 Å². The van der Waals surface area contributed by atoms with E-state index in [9.17, 15) is 4.79 Å². The van der Waals surface area contributed by atoms with Gasteiger partial charge in [0.15, 0.2) is 0 Å². The number of hydrogen-bond donors (Lipinski definition) is 1. The Labute approximate surface area is 164 Å². The fraction of sp³-hybridized carbons (Fsp3) is 0.318. The molecule has 1 aliphatic rings. The van der Waals surface area contributed by atoms with Gasteiger partial charge in [0.25, 0.3) is 5.56 Å². The molecule has 0 amide bonds. The van der Waals surface area contributed by atoms with E-state index in [1.807, 2.05) is 55.6 Å². The molecule has 0 bridgehead atoms. The van der Waals surface area contributed by atoms with Crippen molar-refractivity contribution in [3.63, 3.8) is 0 Å². The van der Waals surface area contributed by atoms with Crippen LogP contribution in [0.25, 0.3) is 11.3 Å². The molecule has 1 atom stereocenters. The molecule has 1 fully saturated rings. The van der Waals surface area contributed by atoms with Gasteiger partial charge in [-0.3, -0.25) is 4.79 Å². The summed E-state index contributed by atoms with van der Waals surface area (Å²) in [5.74, 6) is 0.589. The van der Waals surface area contributed by atoms with Crippen molar-refractivity contribution in [1.29, 1.82) is 0 Å². The van der Waals surface area contributed by atoms with E-state index in [0.717, 1.165) is 42.9 Å². The SMILES string of the molecule is C[C@@H](c1ccccc1)n1ccc(-c2ccnc(NC3CCOCC3)n2)cc1=O. The fourth-order valence-electron chi connectivity index (χ4n) is 3.47. The van der Waals surface area contributed by atoms with E-state index in [1.54, 1.807) is 16.8 Å². The predicted octanol–water partition coefficient (Wildman–Crippen LogP) is 3.51. The Morgan fingerprint density at radius 1 is 1.14 bits per heavy atom. The van der Waals surface area contributed by atoms with Crippen molar-refractivity contribution in [2.45, 2.75) is 31.8 Å². The smallest absolute Gasteiger partial charge is 0.251 e. The van der Waals surface area contributed by atoms with Gasteiger partial charge in [-0.15, -0.1) is 0 Å². The molecule has 1 aliphatic heterocycles. The second-order valence-corrected chi connectivity index (χ2v) is 7.04. The zero-order chi connectivity index (χ0) is 19.3. The summed E-state index contributed by atoms with van der Waals surface area (Å²) in [6, 6.07) is 15.7. The van der Waals surface area contributed by atoms with Gasteiger partial charge in [-0.2, -0.15) is 0 Å². The van der Waals surface area contributed by atoms with E-state index in [2.05, 4.69) is 15.3 Å². The third-order valence-electron chi connectivity index (χ3n) is 5.15. The van der Waals surface area contributed by atoms with Crippen LogP contribution in [-0.2, 0) is 4.74 Å². The molecule has 1 aromatic carbocycles. The van der Waals surface area contributed by atoms with Gasteiger partial charge < -0.3 is 14.6 Å². The number of benzene rings is 1. The summed E-state index contributed by atoms with van der Waals surface area (Å²) < 4.78 is 7.13. The Morgan fingerprint density at radius 2 is 1.93 bits per heavy atom. The van der Waals surface area contributed by atoms with Crippen LogP contribution in [0.4, 0.5) is 5.95 Å². The van der Waals surface area contributed by atoms with E-state index in [0.29, 0.717) is 12.0 Å². The largest absolute Gasteiger partial charge is 0.381 e. The van der Waals surface area contributed by atoms with Crippen LogP contribution in [0.1, 0.15) is 31.4 Å². The van der Waals surface area contributed by atoms with Gasteiger partial charge in [0.1, 0.15) is 0 Å². The van der Waals surface area contributed by atoms with Crippen molar-refractivity contribution in [3.8, 4) is 11.3 Å². The molecular weight excluding hydrogens is 352 g/mol. The minimum Gasteiger partial charge on any atom is -0.381 e. The normalized spacial score (nSPS) is 15.9. The molecule has 0 saturated carbocycles. The molecule has 2 aromatic heterocycles. The summed E-state index contributed by atoms with van der Waals surface area (Å²) in [4.78, 5) is 21.6. The van der Waals surface area contributed by atoms with Crippen molar-refractivity contribution >= 4 is 5.95 Å². The quantitative estimate of drug-likeness (QED) is 0.738. The van der Waals surface area contributed by atoms with Crippen LogP contribution in [0.2, 0.25) is 0 Å². The molecule has 28 heavy (non-hydrogen) atoms. The highest BCUT2D eigenvalue weighted by Gasteiger charge is 2.15. The fourth-order valence-corrected chi connectivity index (χ4v) is 3.47. The average molecular weight is 376 g/mol. The Kier molecular flexibility index (Phi) is 5.48. The number of nitrogens with one attached hydrogen (secondary N) is 1. The van der Waals surface area contributed by atoms with Gasteiger partial charge in [-0.25, -0.2) is 9.97 Å². The highest BCUT2D eigenvalue weighted by atomic mass is 16.5. The molecule has 1 N–H and O–H groups in total. The van der Waals surface area contributed by atoms with Crippen molar-refractivity contribution in [2.24, 2.45) is 0 Å². The van der Waals surface area contributed by atoms with Crippen LogP contribution in [0, 0.1) is 0 Å². The Bertz CT molecular complexity index is 981. The monoisotopic (exact) mass is 376 g/mol. The first-order valence-corrected chi connectivity index (χ1v) is 9.65. The zero-order valence-corrected chi connectivity index (χ0v) is 15.9. The van der Waals surface area contributed by atoms with E-state index >= 15 is 0 Å². The molecule has 6 nitrogen and oxygen atoms in total. The topological polar surface area (TPSA) is 69.0 Å². The second kappa shape index (κ2) is 8.35. The molecule has 0 aliphatic carbocycles. The standard InChI is InChI=1S/C22H24N4O2/c1-16(17-5-3-2-4-6-17)26-12-8-18(15-21(26)27)20-7-11-23-22(25-20)24-19-9-13-28-14-10-19/h2-8,11-12,15-16,19H,9-10,13-14H2,1H3,(H,23,24,25)/t16-/m0/s1. The number of rotatable bonds is 5. The van der Waals surface area contributed by atoms with Crippen molar-refractivity contribution < 1.29 is 4.74 Å². The second-order valence-electron chi connectivity index (χ2n) is 7.04. The van der Waals surface area contributed by atoms with Crippen molar-refractivity contribution in [1.82, 2.24) is 14.5 Å². The summed E-state index contributed by atoms with van der Waals surface area (Å²) in [6.07, 6.45) is 5.45. The molecule has 0 spiro atoms. The van der Waals surface area contributed by atoms with Gasteiger partial charge in [0.2, 0.25) is 5.95 Å². The molecule has 144 valence electrons. The molecular formula is C22H24N4O2. The molecule has 6 heteroatoms. The first-order valence-electron chi connectivity index (χ1n) is 9.65. The zero-order valence-electron chi connectivity index (χ0n) is 15.9. The van der Waals surface area contributed by atoms with Crippen LogP contribution < -0.4 is 10.9 Å². The third-order valence-corrected chi connectivity index (χ3v) is 5.15. The maximum atomic E-state index is 12.7. The summed E-state index contributed by atoms with van der Waals surface area (Å²) in [5.41, 5.74) is 2.58. The van der Waals surface area contributed by atoms with Gasteiger partial charge in [-0.1, -0.05) is 30.3 Å². The summed E-state index contributed by atoms with van der Waals surface area (Å²) in [6.45, 7) is 3.54. The predicted molar refractivity (Wildman–Crippen MR) is 109 cm³/mol. The molecule has 0 unspecified atom stereocenters. The minimum atomic E-state index is -0.0496. The lowest BCUT2D eigenvalue weighted by Gasteiger charge is -2.23. The molecule has 0 radical (unpaired) electrons. The van der Waals surface area contributed by atoms with Crippen LogP contribution in [-0.4, -0.2) is 33.8 Å². The summed E-state index contributed by atoms with van der Waals surface area (Å²) in [5, 5.41) is 3.37. The van der Waals surface area contributed by atoms with E-state index in [-0.39, 0.29) is 11.6 Å². The lowest BCUT2D eigenvalue weighted by Crippen LogP contribution is -2.28. The molecule has 3 aromatic rings. The summed E-state index contributed by atoms with van der Waals surface area (Å²) >= 11 is 0. The lowest BCUT2D eigenvalue weighted by molar-refractivity contribution is 0.0903. The van der Waals surface area contributed by atoms with Crippen molar-refractivity contribution in [2.75, 3.05) is 18.5 Å². The van der Waals surface area contributed by atoms with Crippen LogP contribution >= 0.6 is 0 Å².